The molecule has 0 aromatic carbocycles. The molecule has 0 aromatic heterocycles. The first-order valence-corrected chi connectivity index (χ1v) is 4.93. The van der Waals surface area contributed by atoms with Crippen LogP contribution in [0.2, 0.25) is 0 Å². The standard InChI is InChI=1S/C10H21NO2/c1-4-10(2,3)9(13)11-7-5-6-8-12/h12H,4-8H2,1-3H3,(H,11,13). The first kappa shape index (κ1) is 12.4. The second-order valence-electron chi connectivity index (χ2n) is 3.92. The van der Waals surface area contributed by atoms with Gasteiger partial charge in [0.25, 0.3) is 0 Å². The van der Waals surface area contributed by atoms with Crippen LogP contribution in [0.4, 0.5) is 0 Å². The van der Waals surface area contributed by atoms with Crippen molar-refractivity contribution in [2.24, 2.45) is 5.41 Å². The van der Waals surface area contributed by atoms with Crippen molar-refractivity contribution in [2.45, 2.75) is 40.0 Å². The van der Waals surface area contributed by atoms with E-state index in [2.05, 4.69) is 5.32 Å². The molecule has 0 fully saturated rings. The Hall–Kier alpha value is -0.570. The van der Waals surface area contributed by atoms with E-state index in [9.17, 15) is 4.79 Å². The molecule has 3 heteroatoms. The minimum Gasteiger partial charge on any atom is -0.396 e. The Bertz CT molecular complexity index is 155. The maximum atomic E-state index is 11.5. The quantitative estimate of drug-likeness (QED) is 0.616. The lowest BCUT2D eigenvalue weighted by Crippen LogP contribution is -2.36. The summed E-state index contributed by atoms with van der Waals surface area (Å²) in [5.74, 6) is 0.105. The number of aliphatic hydroxyl groups is 1. The number of carbonyl (C=O) groups is 1. The van der Waals surface area contributed by atoms with Crippen LogP contribution in [0, 0.1) is 5.41 Å². The molecular weight excluding hydrogens is 166 g/mol. The average Bonchev–Trinajstić information content (AvgIpc) is 2.12. The monoisotopic (exact) mass is 187 g/mol. The van der Waals surface area contributed by atoms with E-state index in [4.69, 9.17) is 5.11 Å². The molecule has 0 aliphatic heterocycles. The highest BCUT2D eigenvalue weighted by atomic mass is 16.2. The summed E-state index contributed by atoms with van der Waals surface area (Å²) in [6.07, 6.45) is 2.45. The Labute approximate surface area is 80.5 Å². The Kier molecular flexibility index (Phi) is 5.71. The number of aliphatic hydroxyl groups excluding tert-OH is 1. The molecule has 0 unspecified atom stereocenters. The average molecular weight is 187 g/mol. The maximum Gasteiger partial charge on any atom is 0.225 e. The number of hydrogen-bond acceptors (Lipinski definition) is 2. The fourth-order valence-electron chi connectivity index (χ4n) is 0.839. The molecule has 0 radical (unpaired) electrons. The number of amides is 1. The van der Waals surface area contributed by atoms with Gasteiger partial charge in [0.2, 0.25) is 5.91 Å². The van der Waals surface area contributed by atoms with E-state index in [1.165, 1.54) is 0 Å². The molecule has 1 amide bonds. The van der Waals surface area contributed by atoms with Gasteiger partial charge >= 0.3 is 0 Å². The van der Waals surface area contributed by atoms with E-state index >= 15 is 0 Å². The van der Waals surface area contributed by atoms with Crippen LogP contribution in [0.25, 0.3) is 0 Å². The summed E-state index contributed by atoms with van der Waals surface area (Å²) in [5, 5.41) is 11.4. The van der Waals surface area contributed by atoms with Crippen LogP contribution in [0.3, 0.4) is 0 Å². The number of nitrogens with one attached hydrogen (secondary N) is 1. The van der Waals surface area contributed by atoms with Crippen molar-refractivity contribution in [2.75, 3.05) is 13.2 Å². The summed E-state index contributed by atoms with van der Waals surface area (Å²) in [4.78, 5) is 11.5. The van der Waals surface area contributed by atoms with Gasteiger partial charge < -0.3 is 10.4 Å². The van der Waals surface area contributed by atoms with E-state index in [-0.39, 0.29) is 17.9 Å². The van der Waals surface area contributed by atoms with E-state index in [1.54, 1.807) is 0 Å². The molecule has 0 aliphatic carbocycles. The first-order chi connectivity index (χ1) is 6.04. The van der Waals surface area contributed by atoms with Crippen molar-refractivity contribution < 1.29 is 9.90 Å². The van der Waals surface area contributed by atoms with Gasteiger partial charge in [0.15, 0.2) is 0 Å². The predicted octanol–water partition coefficient (Wildman–Crippen LogP) is 1.31. The molecule has 3 nitrogen and oxygen atoms in total. The second kappa shape index (κ2) is 5.97. The fraction of sp³-hybridized carbons (Fsp3) is 0.900. The Morgan fingerprint density at radius 3 is 2.46 bits per heavy atom. The van der Waals surface area contributed by atoms with Gasteiger partial charge in [0.1, 0.15) is 0 Å². The molecular formula is C10H21NO2. The van der Waals surface area contributed by atoms with Gasteiger partial charge in [-0.1, -0.05) is 20.8 Å². The van der Waals surface area contributed by atoms with Crippen molar-refractivity contribution in [1.29, 1.82) is 0 Å². The SMILES string of the molecule is CCC(C)(C)C(=O)NCCCCO. The van der Waals surface area contributed by atoms with E-state index in [0.29, 0.717) is 6.54 Å². The highest BCUT2D eigenvalue weighted by molar-refractivity contribution is 5.81. The third-order valence-corrected chi connectivity index (χ3v) is 2.37. The molecule has 0 aromatic rings. The van der Waals surface area contributed by atoms with E-state index in [0.717, 1.165) is 19.3 Å². The smallest absolute Gasteiger partial charge is 0.225 e. The minimum absolute atomic E-state index is 0.105. The lowest BCUT2D eigenvalue weighted by atomic mass is 9.89. The molecule has 0 heterocycles. The van der Waals surface area contributed by atoms with Gasteiger partial charge in [0.05, 0.1) is 0 Å². The van der Waals surface area contributed by atoms with Crippen LogP contribution in [0.15, 0.2) is 0 Å². The highest BCUT2D eigenvalue weighted by Gasteiger charge is 2.24. The number of rotatable bonds is 6. The normalized spacial score (nSPS) is 11.4. The summed E-state index contributed by atoms with van der Waals surface area (Å²) in [6, 6.07) is 0. The number of unbranched alkanes of at least 4 members (excludes halogenated alkanes) is 1. The molecule has 0 saturated carbocycles. The van der Waals surface area contributed by atoms with Gasteiger partial charge in [-0.3, -0.25) is 4.79 Å². The van der Waals surface area contributed by atoms with Gasteiger partial charge in [-0.05, 0) is 19.3 Å². The molecule has 0 saturated heterocycles. The summed E-state index contributed by atoms with van der Waals surface area (Å²) in [6.45, 7) is 6.76. The molecule has 2 N–H and O–H groups in total. The van der Waals surface area contributed by atoms with Gasteiger partial charge in [0, 0.05) is 18.6 Å². The van der Waals surface area contributed by atoms with Crippen molar-refractivity contribution in [1.82, 2.24) is 5.32 Å². The molecule has 0 spiro atoms. The lowest BCUT2D eigenvalue weighted by molar-refractivity contribution is -0.129. The lowest BCUT2D eigenvalue weighted by Gasteiger charge is -2.21. The third kappa shape index (κ3) is 4.88. The van der Waals surface area contributed by atoms with Crippen LogP contribution >= 0.6 is 0 Å². The van der Waals surface area contributed by atoms with E-state index in [1.807, 2.05) is 20.8 Å². The summed E-state index contributed by atoms with van der Waals surface area (Å²) in [7, 11) is 0. The highest BCUT2D eigenvalue weighted by Crippen LogP contribution is 2.19. The molecule has 0 rings (SSSR count). The van der Waals surface area contributed by atoms with Gasteiger partial charge in [-0.25, -0.2) is 0 Å². The largest absolute Gasteiger partial charge is 0.396 e. The molecule has 0 bridgehead atoms. The van der Waals surface area contributed by atoms with Crippen molar-refractivity contribution in [3.63, 3.8) is 0 Å². The number of hydrogen-bond donors (Lipinski definition) is 2. The zero-order chi connectivity index (χ0) is 10.3. The van der Waals surface area contributed by atoms with Crippen molar-refractivity contribution in [3.05, 3.63) is 0 Å². The molecule has 0 atom stereocenters. The van der Waals surface area contributed by atoms with Crippen LogP contribution in [0.1, 0.15) is 40.0 Å². The molecule has 13 heavy (non-hydrogen) atoms. The molecule has 0 aliphatic rings. The zero-order valence-electron chi connectivity index (χ0n) is 8.89. The van der Waals surface area contributed by atoms with Crippen molar-refractivity contribution >= 4 is 5.91 Å². The topological polar surface area (TPSA) is 49.3 Å². The molecule has 78 valence electrons. The Balaban J connectivity index is 3.62. The zero-order valence-corrected chi connectivity index (χ0v) is 8.89. The van der Waals surface area contributed by atoms with E-state index < -0.39 is 0 Å². The first-order valence-electron chi connectivity index (χ1n) is 4.93. The van der Waals surface area contributed by atoms with Crippen LogP contribution in [-0.2, 0) is 4.79 Å². The number of carbonyl (C=O) groups excluding carboxylic acids is 1. The predicted molar refractivity (Wildman–Crippen MR) is 53.4 cm³/mol. The second-order valence-corrected chi connectivity index (χ2v) is 3.92. The van der Waals surface area contributed by atoms with Crippen LogP contribution in [-0.4, -0.2) is 24.2 Å². The Morgan fingerprint density at radius 2 is 2.00 bits per heavy atom. The third-order valence-electron chi connectivity index (χ3n) is 2.37. The van der Waals surface area contributed by atoms with Crippen LogP contribution in [0.5, 0.6) is 0 Å². The van der Waals surface area contributed by atoms with Gasteiger partial charge in [-0.2, -0.15) is 0 Å². The van der Waals surface area contributed by atoms with Crippen molar-refractivity contribution in [3.8, 4) is 0 Å². The van der Waals surface area contributed by atoms with Gasteiger partial charge in [-0.15, -0.1) is 0 Å². The fourth-order valence-corrected chi connectivity index (χ4v) is 0.839. The maximum absolute atomic E-state index is 11.5. The Morgan fingerprint density at radius 1 is 1.38 bits per heavy atom. The summed E-state index contributed by atoms with van der Waals surface area (Å²) in [5.41, 5.74) is -0.265. The van der Waals surface area contributed by atoms with Crippen LogP contribution < -0.4 is 5.32 Å². The summed E-state index contributed by atoms with van der Waals surface area (Å²) >= 11 is 0. The minimum atomic E-state index is -0.265. The summed E-state index contributed by atoms with van der Waals surface area (Å²) < 4.78 is 0.